The zero-order chi connectivity index (χ0) is 14.5. The molecule has 0 bridgehead atoms. The largest absolute Gasteiger partial charge is 0.469 e. The summed E-state index contributed by atoms with van der Waals surface area (Å²) in [5.41, 5.74) is 1.63. The van der Waals surface area contributed by atoms with Crippen LogP contribution in [0.15, 0.2) is 34.9 Å². The summed E-state index contributed by atoms with van der Waals surface area (Å²) >= 11 is 0. The molecule has 1 heterocycles. The van der Waals surface area contributed by atoms with Crippen LogP contribution in [0.25, 0.3) is 0 Å². The summed E-state index contributed by atoms with van der Waals surface area (Å²) in [4.78, 5) is 0. The van der Waals surface area contributed by atoms with Gasteiger partial charge in [0.05, 0.1) is 6.26 Å². The van der Waals surface area contributed by atoms with Crippen LogP contribution >= 0.6 is 0 Å². The minimum atomic E-state index is -0.544. The van der Waals surface area contributed by atoms with Gasteiger partial charge in [-0.3, -0.25) is 0 Å². The number of benzene rings is 1. The van der Waals surface area contributed by atoms with Crippen LogP contribution in [0.1, 0.15) is 36.3 Å². The average Bonchev–Trinajstić information content (AvgIpc) is 2.80. The third-order valence-electron chi connectivity index (χ3n) is 3.16. The second-order valence-electron chi connectivity index (χ2n) is 4.98. The number of hydrogen-bond acceptors (Lipinski definition) is 2. The Morgan fingerprint density at radius 3 is 2.40 bits per heavy atom. The Morgan fingerprint density at radius 1 is 1.15 bits per heavy atom. The molecule has 1 atom stereocenters. The molecule has 4 heteroatoms. The summed E-state index contributed by atoms with van der Waals surface area (Å²) in [5.74, 6) is -0.260. The van der Waals surface area contributed by atoms with Gasteiger partial charge in [-0.1, -0.05) is 6.92 Å². The lowest BCUT2D eigenvalue weighted by atomic mass is 10.0. The van der Waals surface area contributed by atoms with Gasteiger partial charge in [0.15, 0.2) is 0 Å². The van der Waals surface area contributed by atoms with Crippen LogP contribution in [-0.2, 0) is 6.42 Å². The number of furan rings is 1. The van der Waals surface area contributed by atoms with Gasteiger partial charge in [0.1, 0.15) is 17.4 Å². The topological polar surface area (TPSA) is 25.2 Å². The highest BCUT2D eigenvalue weighted by Crippen LogP contribution is 2.22. The van der Waals surface area contributed by atoms with E-state index in [0.717, 1.165) is 30.4 Å². The first-order chi connectivity index (χ1) is 9.58. The third-order valence-corrected chi connectivity index (χ3v) is 3.16. The highest BCUT2D eigenvalue weighted by molar-refractivity contribution is 5.23. The van der Waals surface area contributed by atoms with Crippen molar-refractivity contribution >= 4 is 0 Å². The van der Waals surface area contributed by atoms with Gasteiger partial charge >= 0.3 is 0 Å². The molecule has 1 aromatic carbocycles. The van der Waals surface area contributed by atoms with E-state index in [0.29, 0.717) is 12.0 Å². The van der Waals surface area contributed by atoms with E-state index in [2.05, 4.69) is 12.2 Å². The van der Waals surface area contributed by atoms with E-state index in [1.165, 1.54) is 12.1 Å². The maximum Gasteiger partial charge on any atom is 0.126 e. The van der Waals surface area contributed by atoms with Crippen LogP contribution in [0.2, 0.25) is 0 Å². The average molecular weight is 279 g/mol. The lowest BCUT2D eigenvalue weighted by Gasteiger charge is -2.17. The summed E-state index contributed by atoms with van der Waals surface area (Å²) < 4.78 is 31.8. The van der Waals surface area contributed by atoms with Crippen molar-refractivity contribution < 1.29 is 13.2 Å². The van der Waals surface area contributed by atoms with Crippen LogP contribution in [0, 0.1) is 18.6 Å². The molecule has 108 valence electrons. The number of nitrogens with one attached hydrogen (secondary N) is 1. The third kappa shape index (κ3) is 3.90. The first-order valence-corrected chi connectivity index (χ1v) is 6.82. The first-order valence-electron chi connectivity index (χ1n) is 6.82. The van der Waals surface area contributed by atoms with Crippen molar-refractivity contribution in [3.8, 4) is 0 Å². The van der Waals surface area contributed by atoms with E-state index in [4.69, 9.17) is 4.42 Å². The fraction of sp³-hybridized carbons (Fsp3) is 0.375. The molecule has 0 aliphatic heterocycles. The molecule has 1 N–H and O–H groups in total. The predicted molar refractivity (Wildman–Crippen MR) is 74.5 cm³/mol. The number of hydrogen-bond donors (Lipinski definition) is 1. The van der Waals surface area contributed by atoms with Gasteiger partial charge in [0, 0.05) is 17.7 Å². The van der Waals surface area contributed by atoms with E-state index in [9.17, 15) is 8.78 Å². The van der Waals surface area contributed by atoms with Crippen LogP contribution < -0.4 is 5.32 Å². The molecule has 20 heavy (non-hydrogen) atoms. The molecule has 0 spiro atoms. The molecule has 0 aliphatic carbocycles. The van der Waals surface area contributed by atoms with E-state index in [-0.39, 0.29) is 6.04 Å². The van der Waals surface area contributed by atoms with Gasteiger partial charge in [0.25, 0.3) is 0 Å². The van der Waals surface area contributed by atoms with Crippen molar-refractivity contribution in [2.45, 2.75) is 32.7 Å². The van der Waals surface area contributed by atoms with Crippen molar-refractivity contribution in [3.05, 3.63) is 59.1 Å². The van der Waals surface area contributed by atoms with Crippen LogP contribution in [0.3, 0.4) is 0 Å². The Bertz CT molecular complexity index is 545. The van der Waals surface area contributed by atoms with E-state index in [1.807, 2.05) is 13.0 Å². The molecule has 0 saturated carbocycles. The second-order valence-corrected chi connectivity index (χ2v) is 4.98. The van der Waals surface area contributed by atoms with Gasteiger partial charge in [-0.2, -0.15) is 0 Å². The Kier molecular flexibility index (Phi) is 4.90. The van der Waals surface area contributed by atoms with Crippen LogP contribution in [0.4, 0.5) is 8.78 Å². The fourth-order valence-electron chi connectivity index (χ4n) is 2.24. The summed E-state index contributed by atoms with van der Waals surface area (Å²) in [6.45, 7) is 4.79. The lowest BCUT2D eigenvalue weighted by Crippen LogP contribution is -2.23. The molecule has 1 aromatic heterocycles. The standard InChI is InChI=1S/C16H19F2NO/c1-3-4-19-16(13-5-11(2)20-10-13)8-12-6-14(17)9-15(18)7-12/h5-7,9-10,16,19H,3-4,8H2,1-2H3. The molecule has 0 aliphatic rings. The molecule has 2 rings (SSSR count). The van der Waals surface area contributed by atoms with Crippen LogP contribution in [0.5, 0.6) is 0 Å². The Labute approximate surface area is 117 Å². The minimum Gasteiger partial charge on any atom is -0.469 e. The minimum absolute atomic E-state index is 0.00593. The Hall–Kier alpha value is -1.68. The van der Waals surface area contributed by atoms with E-state index in [1.54, 1.807) is 6.26 Å². The van der Waals surface area contributed by atoms with E-state index >= 15 is 0 Å². The SMILES string of the molecule is CCCNC(Cc1cc(F)cc(F)c1)c1coc(C)c1. The Morgan fingerprint density at radius 2 is 1.85 bits per heavy atom. The molecular weight excluding hydrogens is 260 g/mol. The lowest BCUT2D eigenvalue weighted by molar-refractivity contribution is 0.501. The molecule has 1 unspecified atom stereocenters. The summed E-state index contributed by atoms with van der Waals surface area (Å²) in [6.07, 6.45) is 3.21. The summed E-state index contributed by atoms with van der Waals surface area (Å²) in [6, 6.07) is 5.57. The molecule has 2 nitrogen and oxygen atoms in total. The van der Waals surface area contributed by atoms with Crippen molar-refractivity contribution in [1.82, 2.24) is 5.32 Å². The zero-order valence-electron chi connectivity index (χ0n) is 11.7. The molecule has 2 aromatic rings. The summed E-state index contributed by atoms with van der Waals surface area (Å²) in [7, 11) is 0. The quantitative estimate of drug-likeness (QED) is 0.859. The second kappa shape index (κ2) is 6.66. The smallest absolute Gasteiger partial charge is 0.126 e. The van der Waals surface area contributed by atoms with Gasteiger partial charge in [-0.25, -0.2) is 8.78 Å². The van der Waals surface area contributed by atoms with Gasteiger partial charge in [0.2, 0.25) is 0 Å². The normalized spacial score (nSPS) is 12.6. The van der Waals surface area contributed by atoms with E-state index < -0.39 is 11.6 Å². The summed E-state index contributed by atoms with van der Waals surface area (Å²) in [5, 5.41) is 3.38. The van der Waals surface area contributed by atoms with Crippen molar-refractivity contribution in [2.75, 3.05) is 6.54 Å². The number of halogens is 2. The molecule has 0 amide bonds. The molecule has 0 saturated heterocycles. The van der Waals surface area contributed by atoms with Gasteiger partial charge in [-0.05, 0) is 50.1 Å². The molecule has 0 fully saturated rings. The molecule has 0 radical (unpaired) electrons. The number of aryl methyl sites for hydroxylation is 1. The Balaban J connectivity index is 2.18. The monoisotopic (exact) mass is 279 g/mol. The van der Waals surface area contributed by atoms with Gasteiger partial charge in [-0.15, -0.1) is 0 Å². The van der Waals surface area contributed by atoms with Crippen LogP contribution in [-0.4, -0.2) is 6.54 Å². The fourth-order valence-corrected chi connectivity index (χ4v) is 2.24. The maximum atomic E-state index is 13.3. The predicted octanol–water partition coefficient (Wildman–Crippen LogP) is 4.15. The van der Waals surface area contributed by atoms with Gasteiger partial charge < -0.3 is 9.73 Å². The zero-order valence-corrected chi connectivity index (χ0v) is 11.7. The van der Waals surface area contributed by atoms with Crippen molar-refractivity contribution in [3.63, 3.8) is 0 Å². The molecular formula is C16H19F2NO. The van der Waals surface area contributed by atoms with Crippen molar-refractivity contribution in [1.29, 1.82) is 0 Å². The number of rotatable bonds is 6. The highest BCUT2D eigenvalue weighted by Gasteiger charge is 2.15. The maximum absolute atomic E-state index is 13.3. The first kappa shape index (κ1) is 14.7. The van der Waals surface area contributed by atoms with Crippen molar-refractivity contribution in [2.24, 2.45) is 0 Å². The highest BCUT2D eigenvalue weighted by atomic mass is 19.1.